The summed E-state index contributed by atoms with van der Waals surface area (Å²) < 4.78 is 5.01. The van der Waals surface area contributed by atoms with E-state index in [4.69, 9.17) is 10.3 Å². The fourth-order valence-corrected chi connectivity index (χ4v) is 0.394. The van der Waals surface area contributed by atoms with Crippen LogP contribution in [-0.4, -0.2) is 12.8 Å². The predicted octanol–water partition coefficient (Wildman–Crippen LogP) is 2.07. The molecular formula is C5H11N3O. The minimum absolute atomic E-state index is 0.324. The van der Waals surface area contributed by atoms with Crippen LogP contribution in [0.1, 0.15) is 20.3 Å². The van der Waals surface area contributed by atoms with Gasteiger partial charge < -0.3 is 4.74 Å². The molecule has 1 unspecified atom stereocenters. The number of ether oxygens (including phenoxy) is 1. The number of hydrogen-bond donors (Lipinski definition) is 0. The Labute approximate surface area is 54.4 Å². The van der Waals surface area contributed by atoms with E-state index >= 15 is 0 Å². The molecule has 0 aromatic heterocycles. The molecule has 0 rings (SSSR count). The number of nitrogens with zero attached hydrogens (tertiary/aromatic N) is 3. The molecule has 0 aromatic carbocycles. The molecule has 0 amide bonds. The molecule has 0 fully saturated rings. The fourth-order valence-electron chi connectivity index (χ4n) is 0.394. The van der Waals surface area contributed by atoms with Crippen LogP contribution >= 0.6 is 0 Å². The van der Waals surface area contributed by atoms with Crippen LogP contribution < -0.4 is 0 Å². The highest BCUT2D eigenvalue weighted by Crippen LogP contribution is 1.92. The highest BCUT2D eigenvalue weighted by molar-refractivity contribution is 4.46. The first-order chi connectivity index (χ1) is 4.31. The zero-order chi connectivity index (χ0) is 7.11. The van der Waals surface area contributed by atoms with Crippen LogP contribution in [0.3, 0.4) is 0 Å². The minimum Gasteiger partial charge on any atom is -0.372 e. The third-order valence-corrected chi connectivity index (χ3v) is 0.777. The van der Waals surface area contributed by atoms with E-state index in [1.165, 1.54) is 0 Å². The molecule has 0 aliphatic heterocycles. The van der Waals surface area contributed by atoms with Crippen LogP contribution in [0, 0.1) is 0 Å². The summed E-state index contributed by atoms with van der Waals surface area (Å²) >= 11 is 0. The smallest absolute Gasteiger partial charge is 0.133 e. The predicted molar refractivity (Wildman–Crippen MR) is 34.9 cm³/mol. The van der Waals surface area contributed by atoms with Gasteiger partial charge in [0.25, 0.3) is 0 Å². The Kier molecular flexibility index (Phi) is 4.97. The van der Waals surface area contributed by atoms with Crippen molar-refractivity contribution in [3.8, 4) is 0 Å². The topological polar surface area (TPSA) is 58.0 Å². The molecule has 0 aliphatic carbocycles. The molecule has 0 saturated heterocycles. The average molecular weight is 129 g/mol. The SMILES string of the molecule is CCCOC(C)N=[N+]=[N-]. The summed E-state index contributed by atoms with van der Waals surface area (Å²) in [6.07, 6.45) is 0.626. The van der Waals surface area contributed by atoms with Crippen LogP contribution in [0.4, 0.5) is 0 Å². The Morgan fingerprint density at radius 1 is 1.78 bits per heavy atom. The fraction of sp³-hybridized carbons (Fsp3) is 1.00. The first-order valence-electron chi connectivity index (χ1n) is 2.97. The van der Waals surface area contributed by atoms with Gasteiger partial charge in [0.15, 0.2) is 0 Å². The van der Waals surface area contributed by atoms with Crippen LogP contribution in [0.15, 0.2) is 5.11 Å². The van der Waals surface area contributed by atoms with E-state index in [0.717, 1.165) is 6.42 Å². The number of hydrogen-bond acceptors (Lipinski definition) is 2. The molecule has 0 aliphatic rings. The first-order valence-corrected chi connectivity index (χ1v) is 2.97. The van der Waals surface area contributed by atoms with E-state index in [1.807, 2.05) is 6.92 Å². The lowest BCUT2D eigenvalue weighted by molar-refractivity contribution is 0.0714. The molecule has 1 atom stereocenters. The zero-order valence-corrected chi connectivity index (χ0v) is 5.74. The van der Waals surface area contributed by atoms with E-state index in [1.54, 1.807) is 6.92 Å². The third-order valence-electron chi connectivity index (χ3n) is 0.777. The van der Waals surface area contributed by atoms with Gasteiger partial charge in [-0.1, -0.05) is 12.0 Å². The van der Waals surface area contributed by atoms with Crippen molar-refractivity contribution in [2.75, 3.05) is 6.61 Å². The molecule has 0 bridgehead atoms. The standard InChI is InChI=1S/C5H11N3O/c1-3-4-9-5(2)7-8-6/h5H,3-4H2,1-2H3. The summed E-state index contributed by atoms with van der Waals surface area (Å²) in [5, 5.41) is 3.32. The molecule has 0 spiro atoms. The molecule has 52 valence electrons. The van der Waals surface area contributed by atoms with E-state index in [-0.39, 0.29) is 6.23 Å². The van der Waals surface area contributed by atoms with Crippen molar-refractivity contribution in [3.05, 3.63) is 10.4 Å². The summed E-state index contributed by atoms with van der Waals surface area (Å²) in [5.41, 5.74) is 7.91. The van der Waals surface area contributed by atoms with Gasteiger partial charge in [0.2, 0.25) is 0 Å². The van der Waals surface area contributed by atoms with Crippen molar-refractivity contribution in [1.29, 1.82) is 0 Å². The molecule has 9 heavy (non-hydrogen) atoms. The first kappa shape index (κ1) is 8.27. The Morgan fingerprint density at radius 2 is 2.44 bits per heavy atom. The van der Waals surface area contributed by atoms with Gasteiger partial charge in [-0.15, -0.1) is 0 Å². The Hall–Kier alpha value is -0.730. The highest BCUT2D eigenvalue weighted by Gasteiger charge is 1.93. The number of azide groups is 1. The summed E-state index contributed by atoms with van der Waals surface area (Å²) in [6.45, 7) is 4.37. The van der Waals surface area contributed by atoms with Crippen molar-refractivity contribution in [2.24, 2.45) is 5.11 Å². The van der Waals surface area contributed by atoms with E-state index < -0.39 is 0 Å². The lowest BCUT2D eigenvalue weighted by Crippen LogP contribution is -2.03. The van der Waals surface area contributed by atoms with Crippen molar-refractivity contribution < 1.29 is 4.74 Å². The summed E-state index contributed by atoms with van der Waals surface area (Å²) in [4.78, 5) is 2.59. The molecule has 0 heterocycles. The maximum absolute atomic E-state index is 7.91. The second-order valence-electron chi connectivity index (χ2n) is 1.68. The van der Waals surface area contributed by atoms with Gasteiger partial charge in [0.05, 0.1) is 0 Å². The monoisotopic (exact) mass is 129 g/mol. The summed E-state index contributed by atoms with van der Waals surface area (Å²) in [7, 11) is 0. The second-order valence-corrected chi connectivity index (χ2v) is 1.68. The van der Waals surface area contributed by atoms with Gasteiger partial charge in [0.1, 0.15) is 6.23 Å². The zero-order valence-electron chi connectivity index (χ0n) is 5.74. The lowest BCUT2D eigenvalue weighted by Gasteiger charge is -2.03. The minimum atomic E-state index is -0.324. The Morgan fingerprint density at radius 3 is 2.89 bits per heavy atom. The van der Waals surface area contributed by atoms with Crippen molar-refractivity contribution in [3.63, 3.8) is 0 Å². The highest BCUT2D eigenvalue weighted by atomic mass is 16.5. The third kappa shape index (κ3) is 5.14. The van der Waals surface area contributed by atoms with Gasteiger partial charge in [-0.2, -0.15) is 0 Å². The quantitative estimate of drug-likeness (QED) is 0.325. The van der Waals surface area contributed by atoms with Crippen LogP contribution in [-0.2, 0) is 4.74 Å². The van der Waals surface area contributed by atoms with Crippen LogP contribution in [0.25, 0.3) is 10.4 Å². The number of rotatable bonds is 4. The normalized spacial score (nSPS) is 12.2. The van der Waals surface area contributed by atoms with Gasteiger partial charge in [-0.05, 0) is 18.9 Å². The van der Waals surface area contributed by atoms with Crippen LogP contribution in [0.5, 0.6) is 0 Å². The van der Waals surface area contributed by atoms with Crippen molar-refractivity contribution >= 4 is 0 Å². The molecular weight excluding hydrogens is 118 g/mol. The Balaban J connectivity index is 3.26. The van der Waals surface area contributed by atoms with Crippen molar-refractivity contribution in [1.82, 2.24) is 0 Å². The van der Waals surface area contributed by atoms with Gasteiger partial charge in [-0.25, -0.2) is 0 Å². The van der Waals surface area contributed by atoms with Gasteiger partial charge in [-0.3, -0.25) is 0 Å². The maximum Gasteiger partial charge on any atom is 0.133 e. The van der Waals surface area contributed by atoms with Gasteiger partial charge >= 0.3 is 0 Å². The average Bonchev–Trinajstić information content (AvgIpc) is 1.85. The largest absolute Gasteiger partial charge is 0.372 e. The summed E-state index contributed by atoms with van der Waals surface area (Å²) in [5.74, 6) is 0. The van der Waals surface area contributed by atoms with Crippen molar-refractivity contribution in [2.45, 2.75) is 26.5 Å². The van der Waals surface area contributed by atoms with Gasteiger partial charge in [0, 0.05) is 11.5 Å². The molecule has 0 saturated carbocycles. The van der Waals surface area contributed by atoms with E-state index in [9.17, 15) is 0 Å². The van der Waals surface area contributed by atoms with Crippen LogP contribution in [0.2, 0.25) is 0 Å². The molecule has 0 radical (unpaired) electrons. The van der Waals surface area contributed by atoms with E-state index in [0.29, 0.717) is 6.61 Å². The Bertz CT molecular complexity index is 109. The molecule has 4 heteroatoms. The molecule has 4 nitrogen and oxygen atoms in total. The van der Waals surface area contributed by atoms with E-state index in [2.05, 4.69) is 10.0 Å². The second kappa shape index (κ2) is 5.41. The molecule has 0 aromatic rings. The lowest BCUT2D eigenvalue weighted by atomic mass is 10.5. The molecule has 0 N–H and O–H groups in total. The maximum atomic E-state index is 7.91. The summed E-state index contributed by atoms with van der Waals surface area (Å²) in [6, 6.07) is 0.